The highest BCUT2D eigenvalue weighted by Gasteiger charge is 1.99. The first-order valence-corrected chi connectivity index (χ1v) is 6.50. The standard InChI is InChI=1S/C12H15N.2C2H6/c1-4-6-11-10(3)8-9-13-12(11)7-5-2;2*1-2/h4-9H,1-3H3;2*1-2H3/b6-4-,7-5-;;. The fourth-order valence-corrected chi connectivity index (χ4v) is 1.26. The quantitative estimate of drug-likeness (QED) is 0.656. The summed E-state index contributed by atoms with van der Waals surface area (Å²) in [6.45, 7) is 14.1. The molecule has 0 amide bonds. The van der Waals surface area contributed by atoms with Crippen LogP contribution in [0.1, 0.15) is 58.4 Å². The van der Waals surface area contributed by atoms with Crippen LogP contribution in [0.4, 0.5) is 0 Å². The maximum atomic E-state index is 4.31. The van der Waals surface area contributed by atoms with E-state index in [1.54, 1.807) is 0 Å². The maximum Gasteiger partial charge on any atom is 0.0701 e. The Morgan fingerprint density at radius 3 is 1.94 bits per heavy atom. The van der Waals surface area contributed by atoms with Crippen LogP contribution < -0.4 is 0 Å². The molecule has 1 heterocycles. The molecule has 0 aromatic carbocycles. The van der Waals surface area contributed by atoms with Crippen molar-refractivity contribution in [2.24, 2.45) is 0 Å². The Kier molecular flexibility index (Phi) is 13.5. The molecule has 0 aliphatic heterocycles. The molecular weight excluding hydrogens is 206 g/mol. The van der Waals surface area contributed by atoms with E-state index in [0.29, 0.717) is 0 Å². The average molecular weight is 233 g/mol. The van der Waals surface area contributed by atoms with Crippen LogP contribution in [0, 0.1) is 6.92 Å². The predicted octanol–water partition coefficient (Wildman–Crippen LogP) is 5.51. The van der Waals surface area contributed by atoms with E-state index in [4.69, 9.17) is 0 Å². The summed E-state index contributed by atoms with van der Waals surface area (Å²) in [7, 11) is 0. The van der Waals surface area contributed by atoms with Crippen LogP contribution in [0.3, 0.4) is 0 Å². The van der Waals surface area contributed by atoms with Crippen LogP contribution in [-0.4, -0.2) is 4.98 Å². The summed E-state index contributed by atoms with van der Waals surface area (Å²) < 4.78 is 0. The smallest absolute Gasteiger partial charge is 0.0701 e. The van der Waals surface area contributed by atoms with Crippen LogP contribution in [0.15, 0.2) is 24.4 Å². The molecule has 0 fully saturated rings. The second-order valence-corrected chi connectivity index (χ2v) is 2.93. The van der Waals surface area contributed by atoms with Crippen molar-refractivity contribution in [1.29, 1.82) is 0 Å². The van der Waals surface area contributed by atoms with Crippen molar-refractivity contribution in [1.82, 2.24) is 4.98 Å². The monoisotopic (exact) mass is 233 g/mol. The van der Waals surface area contributed by atoms with E-state index in [1.165, 1.54) is 11.1 Å². The SMILES string of the molecule is C/C=C\c1nccc(C)c1/C=C\C.CC.CC. The Bertz CT molecular complexity index is 335. The van der Waals surface area contributed by atoms with E-state index in [-0.39, 0.29) is 0 Å². The summed E-state index contributed by atoms with van der Waals surface area (Å²) in [5, 5.41) is 0. The highest BCUT2D eigenvalue weighted by Crippen LogP contribution is 2.14. The highest BCUT2D eigenvalue weighted by molar-refractivity contribution is 5.64. The Morgan fingerprint density at radius 1 is 0.941 bits per heavy atom. The zero-order valence-corrected chi connectivity index (χ0v) is 12.4. The maximum absolute atomic E-state index is 4.31. The van der Waals surface area contributed by atoms with E-state index in [9.17, 15) is 0 Å². The van der Waals surface area contributed by atoms with E-state index in [1.807, 2.05) is 72.0 Å². The molecule has 0 spiro atoms. The van der Waals surface area contributed by atoms with Gasteiger partial charge in [-0.05, 0) is 38.5 Å². The molecule has 96 valence electrons. The predicted molar refractivity (Wildman–Crippen MR) is 81.1 cm³/mol. The molecule has 1 aromatic heterocycles. The van der Waals surface area contributed by atoms with E-state index in [2.05, 4.69) is 18.0 Å². The minimum absolute atomic E-state index is 1.04. The van der Waals surface area contributed by atoms with E-state index < -0.39 is 0 Å². The van der Waals surface area contributed by atoms with Crippen molar-refractivity contribution >= 4 is 12.2 Å². The lowest BCUT2D eigenvalue weighted by Gasteiger charge is -2.03. The molecule has 1 heteroatoms. The fraction of sp³-hybridized carbons (Fsp3) is 0.438. The Hall–Kier alpha value is -1.37. The number of pyridine rings is 1. The summed E-state index contributed by atoms with van der Waals surface area (Å²) in [5.74, 6) is 0. The van der Waals surface area contributed by atoms with Gasteiger partial charge in [-0.2, -0.15) is 0 Å². The number of allylic oxidation sites excluding steroid dienone is 2. The minimum atomic E-state index is 1.04. The second kappa shape index (κ2) is 12.7. The molecule has 0 atom stereocenters. The summed E-state index contributed by atoms with van der Waals surface area (Å²) in [6, 6.07) is 2.03. The van der Waals surface area contributed by atoms with Gasteiger partial charge in [-0.25, -0.2) is 0 Å². The average Bonchev–Trinajstić information content (AvgIpc) is 2.39. The largest absolute Gasteiger partial charge is 0.256 e. The normalized spacial score (nSPS) is 9.59. The van der Waals surface area contributed by atoms with Gasteiger partial charge in [0.15, 0.2) is 0 Å². The third-order valence-corrected chi connectivity index (χ3v) is 1.90. The lowest BCUT2D eigenvalue weighted by atomic mass is 10.1. The fourth-order valence-electron chi connectivity index (χ4n) is 1.26. The Balaban J connectivity index is 0. The molecule has 1 aromatic rings. The van der Waals surface area contributed by atoms with Crippen molar-refractivity contribution in [3.63, 3.8) is 0 Å². The third kappa shape index (κ3) is 6.72. The number of rotatable bonds is 2. The Labute approximate surface area is 107 Å². The first kappa shape index (κ1) is 18.0. The van der Waals surface area contributed by atoms with Crippen molar-refractivity contribution in [2.75, 3.05) is 0 Å². The molecule has 0 saturated heterocycles. The minimum Gasteiger partial charge on any atom is -0.256 e. The summed E-state index contributed by atoms with van der Waals surface area (Å²) in [6.07, 6.45) is 10.0. The van der Waals surface area contributed by atoms with Crippen LogP contribution in [0.25, 0.3) is 12.2 Å². The number of nitrogens with zero attached hydrogens (tertiary/aromatic N) is 1. The highest BCUT2D eigenvalue weighted by atomic mass is 14.7. The second-order valence-electron chi connectivity index (χ2n) is 2.93. The molecule has 0 aliphatic carbocycles. The zero-order valence-electron chi connectivity index (χ0n) is 12.4. The molecule has 0 bridgehead atoms. The third-order valence-electron chi connectivity index (χ3n) is 1.90. The van der Waals surface area contributed by atoms with Gasteiger partial charge in [-0.1, -0.05) is 45.9 Å². The molecule has 0 N–H and O–H groups in total. The van der Waals surface area contributed by atoms with Gasteiger partial charge in [0.05, 0.1) is 5.69 Å². The van der Waals surface area contributed by atoms with Crippen LogP contribution >= 0.6 is 0 Å². The van der Waals surface area contributed by atoms with Crippen molar-refractivity contribution in [3.8, 4) is 0 Å². The van der Waals surface area contributed by atoms with Gasteiger partial charge in [-0.15, -0.1) is 0 Å². The summed E-state index contributed by atoms with van der Waals surface area (Å²) >= 11 is 0. The zero-order chi connectivity index (χ0) is 13.7. The van der Waals surface area contributed by atoms with Crippen molar-refractivity contribution in [3.05, 3.63) is 41.2 Å². The van der Waals surface area contributed by atoms with Crippen LogP contribution in [0.2, 0.25) is 0 Å². The molecule has 1 nitrogen and oxygen atoms in total. The molecule has 0 saturated carbocycles. The van der Waals surface area contributed by atoms with Crippen molar-refractivity contribution < 1.29 is 0 Å². The number of aromatic nitrogens is 1. The topological polar surface area (TPSA) is 12.9 Å². The van der Waals surface area contributed by atoms with Gasteiger partial charge in [0.25, 0.3) is 0 Å². The van der Waals surface area contributed by atoms with Gasteiger partial charge in [0.1, 0.15) is 0 Å². The van der Waals surface area contributed by atoms with Crippen LogP contribution in [0.5, 0.6) is 0 Å². The lowest BCUT2D eigenvalue weighted by Crippen LogP contribution is -1.89. The van der Waals surface area contributed by atoms with Gasteiger partial charge >= 0.3 is 0 Å². The molecule has 0 unspecified atom stereocenters. The van der Waals surface area contributed by atoms with Crippen LogP contribution in [-0.2, 0) is 0 Å². The Morgan fingerprint density at radius 2 is 1.47 bits per heavy atom. The van der Waals surface area contributed by atoms with E-state index >= 15 is 0 Å². The number of aryl methyl sites for hydroxylation is 1. The lowest BCUT2D eigenvalue weighted by molar-refractivity contribution is 1.24. The summed E-state index contributed by atoms with van der Waals surface area (Å²) in [4.78, 5) is 4.31. The molecule has 0 radical (unpaired) electrons. The van der Waals surface area contributed by atoms with Crippen molar-refractivity contribution in [2.45, 2.75) is 48.5 Å². The summed E-state index contributed by atoms with van der Waals surface area (Å²) in [5.41, 5.74) is 3.52. The number of hydrogen-bond acceptors (Lipinski definition) is 1. The molecule has 0 aliphatic rings. The molecule has 1 rings (SSSR count). The number of hydrogen-bond donors (Lipinski definition) is 0. The molecule has 17 heavy (non-hydrogen) atoms. The first-order valence-electron chi connectivity index (χ1n) is 6.50. The van der Waals surface area contributed by atoms with Gasteiger partial charge in [0, 0.05) is 11.8 Å². The van der Waals surface area contributed by atoms with Gasteiger partial charge in [0.2, 0.25) is 0 Å². The van der Waals surface area contributed by atoms with Gasteiger partial charge in [-0.3, -0.25) is 4.98 Å². The molecular formula is C16H27N. The first-order chi connectivity index (χ1) is 8.29. The van der Waals surface area contributed by atoms with E-state index in [0.717, 1.165) is 5.69 Å². The van der Waals surface area contributed by atoms with Gasteiger partial charge < -0.3 is 0 Å².